The van der Waals surface area contributed by atoms with Gasteiger partial charge in [0.1, 0.15) is 11.9 Å². The van der Waals surface area contributed by atoms with Crippen LogP contribution in [-0.2, 0) is 6.42 Å². The van der Waals surface area contributed by atoms with Gasteiger partial charge in [-0.25, -0.2) is 5.01 Å². The maximum atomic E-state index is 6.44. The molecule has 146 valence electrons. The molecule has 0 amide bonds. The molecular weight excluding hydrogens is 356 g/mol. The second-order valence-corrected chi connectivity index (χ2v) is 8.10. The largest absolute Gasteiger partial charge is 0.489 e. The molecule has 2 aromatic rings. The second-order valence-electron chi connectivity index (χ2n) is 8.10. The van der Waals surface area contributed by atoms with Crippen LogP contribution in [-0.4, -0.2) is 17.7 Å². The molecule has 4 heteroatoms. The fraction of sp³-hybridized carbons (Fsp3) is 0.478. The Bertz CT molecular complexity index is 779. The summed E-state index contributed by atoms with van der Waals surface area (Å²) in [5.74, 6) is 8.56. The predicted molar refractivity (Wildman–Crippen MR) is 113 cm³/mol. The van der Waals surface area contributed by atoms with Gasteiger partial charge in [0.15, 0.2) is 0 Å². The van der Waals surface area contributed by atoms with E-state index in [0.717, 1.165) is 25.1 Å². The van der Waals surface area contributed by atoms with Crippen LogP contribution in [0.15, 0.2) is 42.5 Å². The SMILES string of the molecule is Cc1ccc(CC2CCCN(N)C2c2ccccc2)c2c1[C@H](C)[C@H](C)O2.Cl. The molecular formula is C23H31ClN2O. The predicted octanol–water partition coefficient (Wildman–Crippen LogP) is 5.17. The van der Waals surface area contributed by atoms with Crippen molar-refractivity contribution in [1.29, 1.82) is 0 Å². The number of fused-ring (bicyclic) bond motifs is 1. The summed E-state index contributed by atoms with van der Waals surface area (Å²) in [6.45, 7) is 7.63. The third-order valence-electron chi connectivity index (χ3n) is 6.38. The maximum absolute atomic E-state index is 6.44. The molecule has 0 saturated carbocycles. The van der Waals surface area contributed by atoms with Gasteiger partial charge in [-0.15, -0.1) is 12.4 Å². The Kier molecular flexibility index (Phi) is 6.15. The molecule has 2 aliphatic heterocycles. The van der Waals surface area contributed by atoms with Crippen LogP contribution in [0, 0.1) is 12.8 Å². The first-order valence-corrected chi connectivity index (χ1v) is 9.91. The summed E-state index contributed by atoms with van der Waals surface area (Å²) >= 11 is 0. The Morgan fingerprint density at radius 1 is 1.11 bits per heavy atom. The standard InChI is InChI=1S/C23H30N2O.ClH/c1-15-11-12-20(23-21(15)16(2)17(3)26-23)14-19-10-7-13-25(24)22(19)18-8-5-4-6-9-18;/h4-6,8-9,11-12,16-17,19,22H,7,10,13-14,24H2,1-3H3;1H/t16-,17+,19?,22?;/m1./s1. The van der Waals surface area contributed by atoms with Crippen molar-refractivity contribution >= 4 is 12.4 Å². The average molecular weight is 387 g/mol. The molecule has 0 radical (unpaired) electrons. The van der Waals surface area contributed by atoms with E-state index in [1.165, 1.54) is 28.7 Å². The van der Waals surface area contributed by atoms with Crippen molar-refractivity contribution in [2.24, 2.45) is 11.8 Å². The summed E-state index contributed by atoms with van der Waals surface area (Å²) in [4.78, 5) is 0. The molecule has 2 aromatic carbocycles. The van der Waals surface area contributed by atoms with Gasteiger partial charge in [-0.1, -0.05) is 49.4 Å². The van der Waals surface area contributed by atoms with E-state index in [-0.39, 0.29) is 24.6 Å². The van der Waals surface area contributed by atoms with Crippen LogP contribution in [0.4, 0.5) is 0 Å². The average Bonchev–Trinajstić information content (AvgIpc) is 2.94. The van der Waals surface area contributed by atoms with Crippen LogP contribution in [0.5, 0.6) is 5.75 Å². The van der Waals surface area contributed by atoms with E-state index in [9.17, 15) is 0 Å². The topological polar surface area (TPSA) is 38.5 Å². The number of ether oxygens (including phenoxy) is 1. The zero-order valence-corrected chi connectivity index (χ0v) is 17.3. The molecule has 0 bridgehead atoms. The van der Waals surface area contributed by atoms with Crippen molar-refractivity contribution in [3.8, 4) is 5.75 Å². The third-order valence-corrected chi connectivity index (χ3v) is 6.38. The van der Waals surface area contributed by atoms with Crippen LogP contribution in [0.3, 0.4) is 0 Å². The number of nitrogens with zero attached hydrogens (tertiary/aromatic N) is 1. The smallest absolute Gasteiger partial charge is 0.126 e. The minimum Gasteiger partial charge on any atom is -0.489 e. The Morgan fingerprint density at radius 2 is 1.85 bits per heavy atom. The Hall–Kier alpha value is -1.55. The Balaban J connectivity index is 0.00000210. The van der Waals surface area contributed by atoms with E-state index in [1.807, 2.05) is 5.01 Å². The first kappa shape index (κ1) is 20.2. The van der Waals surface area contributed by atoms with Gasteiger partial charge >= 0.3 is 0 Å². The second kappa shape index (κ2) is 8.22. The molecule has 4 rings (SSSR count). The number of rotatable bonds is 3. The summed E-state index contributed by atoms with van der Waals surface area (Å²) in [6, 6.07) is 15.6. The molecule has 2 N–H and O–H groups in total. The molecule has 27 heavy (non-hydrogen) atoms. The third kappa shape index (κ3) is 3.73. The Labute approximate surface area is 169 Å². The van der Waals surface area contributed by atoms with Crippen molar-refractivity contribution in [1.82, 2.24) is 5.01 Å². The zero-order valence-electron chi connectivity index (χ0n) is 16.5. The van der Waals surface area contributed by atoms with Gasteiger partial charge < -0.3 is 4.74 Å². The molecule has 1 saturated heterocycles. The number of hydrogen-bond acceptors (Lipinski definition) is 3. The number of benzene rings is 2. The van der Waals surface area contributed by atoms with E-state index in [0.29, 0.717) is 11.8 Å². The number of aryl methyl sites for hydroxylation is 1. The lowest BCUT2D eigenvalue weighted by Gasteiger charge is -2.39. The Morgan fingerprint density at radius 3 is 2.59 bits per heavy atom. The summed E-state index contributed by atoms with van der Waals surface area (Å²) in [5, 5.41) is 2.05. The van der Waals surface area contributed by atoms with Crippen molar-refractivity contribution in [2.75, 3.05) is 6.54 Å². The summed E-state index contributed by atoms with van der Waals surface area (Å²) < 4.78 is 6.30. The molecule has 3 nitrogen and oxygen atoms in total. The maximum Gasteiger partial charge on any atom is 0.126 e. The highest BCUT2D eigenvalue weighted by molar-refractivity contribution is 5.85. The number of hydrazine groups is 1. The van der Waals surface area contributed by atoms with Crippen molar-refractivity contribution in [2.45, 2.75) is 58.1 Å². The number of nitrogens with two attached hydrogens (primary N) is 1. The van der Waals surface area contributed by atoms with Crippen LogP contribution in [0.1, 0.15) is 60.9 Å². The summed E-state index contributed by atoms with van der Waals surface area (Å²) in [5.41, 5.74) is 5.44. The number of halogens is 1. The van der Waals surface area contributed by atoms with Crippen LogP contribution in [0.2, 0.25) is 0 Å². The highest BCUT2D eigenvalue weighted by atomic mass is 35.5. The lowest BCUT2D eigenvalue weighted by atomic mass is 9.80. The first-order chi connectivity index (χ1) is 12.6. The summed E-state index contributed by atoms with van der Waals surface area (Å²) in [6.07, 6.45) is 3.65. The molecule has 2 heterocycles. The van der Waals surface area contributed by atoms with E-state index in [1.54, 1.807) is 0 Å². The van der Waals surface area contributed by atoms with E-state index < -0.39 is 0 Å². The number of piperidine rings is 1. The van der Waals surface area contributed by atoms with Gasteiger partial charge in [0.2, 0.25) is 0 Å². The minimum absolute atomic E-state index is 0. The van der Waals surface area contributed by atoms with Crippen molar-refractivity contribution in [3.63, 3.8) is 0 Å². The molecule has 4 atom stereocenters. The highest BCUT2D eigenvalue weighted by Crippen LogP contribution is 2.45. The van der Waals surface area contributed by atoms with Crippen molar-refractivity contribution < 1.29 is 4.74 Å². The van der Waals surface area contributed by atoms with Gasteiger partial charge in [-0.3, -0.25) is 5.84 Å². The molecule has 1 fully saturated rings. The summed E-state index contributed by atoms with van der Waals surface area (Å²) in [7, 11) is 0. The minimum atomic E-state index is 0. The zero-order chi connectivity index (χ0) is 18.3. The highest BCUT2D eigenvalue weighted by Gasteiger charge is 2.35. The van der Waals surface area contributed by atoms with Crippen molar-refractivity contribution in [3.05, 3.63) is 64.7 Å². The quantitative estimate of drug-likeness (QED) is 0.739. The normalized spacial score (nSPS) is 27.6. The molecule has 0 aliphatic carbocycles. The van der Waals surface area contributed by atoms with E-state index >= 15 is 0 Å². The van der Waals surface area contributed by atoms with E-state index in [4.69, 9.17) is 10.6 Å². The molecule has 0 aromatic heterocycles. The van der Waals surface area contributed by atoms with Gasteiger partial charge in [0.25, 0.3) is 0 Å². The molecule has 2 aliphatic rings. The van der Waals surface area contributed by atoms with Crippen LogP contribution >= 0.6 is 12.4 Å². The number of hydrogen-bond donors (Lipinski definition) is 1. The van der Waals surface area contributed by atoms with Gasteiger partial charge in [0.05, 0.1) is 6.04 Å². The van der Waals surface area contributed by atoms with E-state index in [2.05, 4.69) is 63.2 Å². The van der Waals surface area contributed by atoms with Gasteiger partial charge in [-0.2, -0.15) is 0 Å². The lowest BCUT2D eigenvalue weighted by Crippen LogP contribution is -2.44. The van der Waals surface area contributed by atoms with Crippen LogP contribution in [0.25, 0.3) is 0 Å². The first-order valence-electron chi connectivity index (χ1n) is 9.91. The lowest BCUT2D eigenvalue weighted by molar-refractivity contribution is 0.0920. The van der Waals surface area contributed by atoms with Crippen LogP contribution < -0.4 is 10.6 Å². The monoisotopic (exact) mass is 386 g/mol. The van der Waals surface area contributed by atoms with Gasteiger partial charge in [-0.05, 0) is 55.7 Å². The fourth-order valence-corrected chi connectivity index (χ4v) is 4.85. The fourth-order valence-electron chi connectivity index (χ4n) is 4.85. The molecule has 2 unspecified atom stereocenters. The molecule has 0 spiro atoms. The van der Waals surface area contributed by atoms with Gasteiger partial charge in [0, 0.05) is 18.0 Å².